The first-order valence-electron chi connectivity index (χ1n) is 6.88. The smallest absolute Gasteiger partial charge is 0.450 e. The van der Waals surface area contributed by atoms with E-state index in [1.165, 1.54) is 11.8 Å². The Morgan fingerprint density at radius 2 is 2.05 bits per heavy atom. The quantitative estimate of drug-likeness (QED) is 0.530. The minimum Gasteiger partial charge on any atom is -0.450 e. The average Bonchev–Trinajstić information content (AvgIpc) is 3.06. The summed E-state index contributed by atoms with van der Waals surface area (Å²) < 4.78 is 6.79. The summed E-state index contributed by atoms with van der Waals surface area (Å²) in [6.45, 7) is 0.585. The molecule has 0 saturated heterocycles. The summed E-state index contributed by atoms with van der Waals surface area (Å²) in [5.74, 6) is -0.0489. The van der Waals surface area contributed by atoms with E-state index in [2.05, 4.69) is 0 Å². The molecule has 0 amide bonds. The lowest BCUT2D eigenvalue weighted by Gasteiger charge is -2.07. The van der Waals surface area contributed by atoms with Gasteiger partial charge < -0.3 is 14.4 Å². The van der Waals surface area contributed by atoms with Gasteiger partial charge in [0, 0.05) is 23.4 Å². The maximum atomic E-state index is 12.8. The van der Waals surface area contributed by atoms with Crippen molar-refractivity contribution in [3.05, 3.63) is 53.3 Å². The summed E-state index contributed by atoms with van der Waals surface area (Å²) >= 11 is 1.48. The second-order valence-electron chi connectivity index (χ2n) is 4.99. The van der Waals surface area contributed by atoms with Crippen LogP contribution >= 0.6 is 11.8 Å². The molecule has 3 rings (SSSR count). The van der Waals surface area contributed by atoms with Crippen molar-refractivity contribution in [1.82, 2.24) is 4.57 Å². The number of hydrogen-bond donors (Lipinski definition) is 1. The Balaban J connectivity index is 2.02. The summed E-state index contributed by atoms with van der Waals surface area (Å²) in [4.78, 5) is 24.4. The number of carbonyl (C=O) groups excluding carboxylic acids is 1. The van der Waals surface area contributed by atoms with E-state index in [-0.39, 0.29) is 5.78 Å². The molecule has 5 nitrogen and oxygen atoms in total. The van der Waals surface area contributed by atoms with Crippen molar-refractivity contribution in [1.29, 1.82) is 0 Å². The fourth-order valence-electron chi connectivity index (χ4n) is 2.80. The Hall–Kier alpha value is -2.21. The predicted molar refractivity (Wildman–Crippen MR) is 82.6 cm³/mol. The summed E-state index contributed by atoms with van der Waals surface area (Å²) in [6, 6.07) is 11.0. The predicted octanol–water partition coefficient (Wildman–Crippen LogP) is 3.58. The second-order valence-corrected chi connectivity index (χ2v) is 5.84. The van der Waals surface area contributed by atoms with Crippen LogP contribution in [0.15, 0.2) is 41.3 Å². The van der Waals surface area contributed by atoms with Crippen LogP contribution in [0.3, 0.4) is 0 Å². The number of hydrogen-bond acceptors (Lipinski definition) is 4. The van der Waals surface area contributed by atoms with Crippen LogP contribution in [0.5, 0.6) is 0 Å². The van der Waals surface area contributed by atoms with E-state index >= 15 is 0 Å². The molecule has 1 aliphatic heterocycles. The van der Waals surface area contributed by atoms with Crippen LogP contribution in [0, 0.1) is 0 Å². The summed E-state index contributed by atoms with van der Waals surface area (Å²) in [7, 11) is 0. The molecule has 1 unspecified atom stereocenters. The van der Waals surface area contributed by atoms with Crippen LogP contribution in [0.1, 0.15) is 34.3 Å². The van der Waals surface area contributed by atoms with Gasteiger partial charge in [0.2, 0.25) is 5.78 Å². The summed E-state index contributed by atoms with van der Waals surface area (Å²) in [5, 5.41) is 8.82. The first-order chi connectivity index (χ1) is 10.6. The number of benzene rings is 1. The molecule has 0 fully saturated rings. The number of fused-ring (bicyclic) bond motifs is 1. The van der Waals surface area contributed by atoms with Crippen LogP contribution in [0.25, 0.3) is 0 Å². The highest BCUT2D eigenvalue weighted by atomic mass is 32.2. The molecular weight excluding hydrogens is 302 g/mol. The van der Waals surface area contributed by atoms with Gasteiger partial charge in [-0.25, -0.2) is 4.79 Å². The monoisotopic (exact) mass is 317 g/mol. The van der Waals surface area contributed by atoms with Gasteiger partial charge in [-0.3, -0.25) is 4.79 Å². The molecule has 1 atom stereocenters. The Morgan fingerprint density at radius 1 is 1.32 bits per heavy atom. The molecule has 2 heterocycles. The number of aromatic nitrogens is 1. The molecule has 22 heavy (non-hydrogen) atoms. The van der Waals surface area contributed by atoms with Crippen molar-refractivity contribution < 1.29 is 19.4 Å². The molecule has 1 aliphatic rings. The van der Waals surface area contributed by atoms with Crippen LogP contribution in [0.2, 0.25) is 0 Å². The number of nitrogens with zero attached hydrogens (tertiary/aromatic N) is 1. The highest BCUT2D eigenvalue weighted by Crippen LogP contribution is 2.37. The van der Waals surface area contributed by atoms with Crippen LogP contribution < -0.4 is 0 Å². The molecule has 1 aromatic heterocycles. The standard InChI is InChI=1S/C16H15NO4S/c1-22-13-9-11-12(21-16(19)20)7-8-17(11)14(13)15(18)10-5-3-2-4-6-10/h2-6,9,12H,7-8H2,1H3,(H,19,20). The molecule has 0 radical (unpaired) electrons. The first-order valence-corrected chi connectivity index (χ1v) is 8.11. The van der Waals surface area contributed by atoms with Crippen LogP contribution in [-0.4, -0.2) is 27.9 Å². The van der Waals surface area contributed by atoms with Gasteiger partial charge in [0.15, 0.2) is 0 Å². The normalized spacial score (nSPS) is 16.3. The zero-order valence-corrected chi connectivity index (χ0v) is 12.8. The minimum absolute atomic E-state index is 0.0489. The number of ketones is 1. The molecule has 2 aromatic rings. The second kappa shape index (κ2) is 5.88. The van der Waals surface area contributed by atoms with Crippen molar-refractivity contribution in [2.24, 2.45) is 0 Å². The van der Waals surface area contributed by atoms with Crippen molar-refractivity contribution >= 4 is 23.7 Å². The van der Waals surface area contributed by atoms with Gasteiger partial charge in [-0.2, -0.15) is 0 Å². The van der Waals surface area contributed by atoms with E-state index in [0.717, 1.165) is 10.6 Å². The molecule has 1 aromatic carbocycles. The number of ether oxygens (including phenoxy) is 1. The van der Waals surface area contributed by atoms with E-state index < -0.39 is 12.3 Å². The molecule has 0 saturated carbocycles. The van der Waals surface area contributed by atoms with Crippen molar-refractivity contribution in [3.63, 3.8) is 0 Å². The molecule has 0 aliphatic carbocycles. The average molecular weight is 317 g/mol. The van der Waals surface area contributed by atoms with Gasteiger partial charge in [-0.05, 0) is 12.3 Å². The van der Waals surface area contributed by atoms with E-state index in [1.807, 2.05) is 35.1 Å². The first kappa shape index (κ1) is 14.7. The van der Waals surface area contributed by atoms with Gasteiger partial charge >= 0.3 is 6.16 Å². The lowest BCUT2D eigenvalue weighted by Crippen LogP contribution is -2.10. The number of rotatable bonds is 4. The van der Waals surface area contributed by atoms with Crippen molar-refractivity contribution in [2.75, 3.05) is 6.26 Å². The Morgan fingerprint density at radius 3 is 2.68 bits per heavy atom. The zero-order chi connectivity index (χ0) is 15.7. The third-order valence-electron chi connectivity index (χ3n) is 3.75. The highest BCUT2D eigenvalue weighted by Gasteiger charge is 2.32. The van der Waals surface area contributed by atoms with Gasteiger partial charge in [-0.1, -0.05) is 30.3 Å². The van der Waals surface area contributed by atoms with Gasteiger partial charge in [-0.15, -0.1) is 11.8 Å². The lowest BCUT2D eigenvalue weighted by atomic mass is 10.1. The van der Waals surface area contributed by atoms with Gasteiger partial charge in [0.05, 0.1) is 5.69 Å². The fourth-order valence-corrected chi connectivity index (χ4v) is 3.44. The van der Waals surface area contributed by atoms with E-state index in [0.29, 0.717) is 24.2 Å². The van der Waals surface area contributed by atoms with Crippen LogP contribution in [0.4, 0.5) is 4.79 Å². The lowest BCUT2D eigenvalue weighted by molar-refractivity contribution is 0.0518. The van der Waals surface area contributed by atoms with Gasteiger partial charge in [0.25, 0.3) is 0 Å². The molecule has 0 bridgehead atoms. The third-order valence-corrected chi connectivity index (χ3v) is 4.50. The van der Waals surface area contributed by atoms with E-state index in [1.54, 1.807) is 12.1 Å². The maximum absolute atomic E-state index is 12.8. The number of thioether (sulfide) groups is 1. The van der Waals surface area contributed by atoms with E-state index in [4.69, 9.17) is 9.84 Å². The summed E-state index contributed by atoms with van der Waals surface area (Å²) in [5.41, 5.74) is 2.00. The Bertz CT molecular complexity index is 723. The molecule has 0 spiro atoms. The molecular formula is C16H15NO4S. The van der Waals surface area contributed by atoms with Crippen LogP contribution in [-0.2, 0) is 11.3 Å². The maximum Gasteiger partial charge on any atom is 0.506 e. The third kappa shape index (κ3) is 2.50. The zero-order valence-electron chi connectivity index (χ0n) is 12.0. The molecule has 1 N–H and O–H groups in total. The summed E-state index contributed by atoms with van der Waals surface area (Å²) in [6.07, 6.45) is 0.674. The fraction of sp³-hybridized carbons (Fsp3) is 0.250. The molecule has 6 heteroatoms. The number of carbonyl (C=O) groups is 2. The minimum atomic E-state index is -1.29. The Kier molecular flexibility index (Phi) is 3.94. The van der Waals surface area contributed by atoms with Gasteiger partial charge in [0.1, 0.15) is 11.8 Å². The van der Waals surface area contributed by atoms with Crippen molar-refractivity contribution in [3.8, 4) is 0 Å². The van der Waals surface area contributed by atoms with E-state index in [9.17, 15) is 9.59 Å². The SMILES string of the molecule is CSc1cc2n(c1C(=O)c1ccccc1)CCC2OC(=O)O. The highest BCUT2D eigenvalue weighted by molar-refractivity contribution is 7.98. The van der Waals surface area contributed by atoms with Crippen molar-refractivity contribution in [2.45, 2.75) is 24.0 Å². The Labute approximate surface area is 131 Å². The number of carboxylic acid groups (broad SMARTS) is 1. The molecule has 114 valence electrons. The topological polar surface area (TPSA) is 68.5 Å². The largest absolute Gasteiger partial charge is 0.506 e.